The summed E-state index contributed by atoms with van der Waals surface area (Å²) in [4.78, 5) is 16.2. The van der Waals surface area contributed by atoms with Crippen molar-refractivity contribution in [1.29, 1.82) is 0 Å². The zero-order valence-electron chi connectivity index (χ0n) is 10.9. The molecule has 1 aliphatic heterocycles. The molecule has 2 atom stereocenters. The van der Waals surface area contributed by atoms with Gasteiger partial charge >= 0.3 is 0 Å². The lowest BCUT2D eigenvalue weighted by atomic mass is 10.0. The second-order valence-electron chi connectivity index (χ2n) is 4.82. The number of piperidine rings is 1. The van der Waals surface area contributed by atoms with Gasteiger partial charge in [0.2, 0.25) is 0 Å². The molecular weight excluding hydrogens is 204 g/mol. The Balaban J connectivity index is 2.62. The van der Waals surface area contributed by atoms with E-state index >= 15 is 0 Å². The van der Waals surface area contributed by atoms with Gasteiger partial charge in [-0.2, -0.15) is 0 Å². The van der Waals surface area contributed by atoms with Gasteiger partial charge in [0.15, 0.2) is 0 Å². The van der Waals surface area contributed by atoms with Crippen molar-refractivity contribution in [2.24, 2.45) is 0 Å². The van der Waals surface area contributed by atoms with Crippen molar-refractivity contribution >= 4 is 5.91 Å². The van der Waals surface area contributed by atoms with E-state index in [0.29, 0.717) is 6.04 Å². The van der Waals surface area contributed by atoms with E-state index in [-0.39, 0.29) is 12.0 Å². The Morgan fingerprint density at radius 2 is 2.19 bits per heavy atom. The fourth-order valence-corrected chi connectivity index (χ4v) is 2.24. The number of rotatable bonds is 4. The molecule has 1 aliphatic rings. The van der Waals surface area contributed by atoms with Crippen LogP contribution in [0.5, 0.6) is 0 Å². The molecule has 0 spiro atoms. The Morgan fingerprint density at radius 1 is 1.50 bits per heavy atom. The van der Waals surface area contributed by atoms with Gasteiger partial charge in [-0.15, -0.1) is 0 Å². The molecule has 1 fully saturated rings. The van der Waals surface area contributed by atoms with Gasteiger partial charge in [-0.3, -0.25) is 4.79 Å². The van der Waals surface area contributed by atoms with E-state index in [1.807, 2.05) is 11.8 Å². The summed E-state index contributed by atoms with van der Waals surface area (Å²) in [6.07, 6.45) is 3.14. The number of carbonyl (C=O) groups is 1. The van der Waals surface area contributed by atoms with Crippen LogP contribution in [0, 0.1) is 0 Å². The molecule has 0 aromatic carbocycles. The molecule has 0 aromatic rings. The maximum atomic E-state index is 12.1. The van der Waals surface area contributed by atoms with Crippen LogP contribution < -0.4 is 0 Å². The van der Waals surface area contributed by atoms with Gasteiger partial charge in [0.1, 0.15) is 6.10 Å². The van der Waals surface area contributed by atoms with E-state index in [4.69, 9.17) is 4.74 Å². The molecule has 4 nitrogen and oxygen atoms in total. The predicted molar refractivity (Wildman–Crippen MR) is 64.4 cm³/mol. The molecule has 0 saturated carbocycles. The third kappa shape index (κ3) is 3.46. The highest BCUT2D eigenvalue weighted by Gasteiger charge is 2.29. The molecule has 0 radical (unpaired) electrons. The fraction of sp³-hybridized carbons (Fsp3) is 0.917. The molecule has 1 amide bonds. The van der Waals surface area contributed by atoms with Crippen molar-refractivity contribution < 1.29 is 9.53 Å². The maximum absolute atomic E-state index is 12.1. The van der Waals surface area contributed by atoms with E-state index in [2.05, 4.69) is 19.0 Å². The molecule has 1 heterocycles. The first-order chi connectivity index (χ1) is 7.56. The van der Waals surface area contributed by atoms with Gasteiger partial charge in [-0.05, 0) is 40.3 Å². The summed E-state index contributed by atoms with van der Waals surface area (Å²) in [7, 11) is 5.70. The van der Waals surface area contributed by atoms with E-state index in [0.717, 1.165) is 25.9 Å². The third-order valence-electron chi connectivity index (χ3n) is 3.19. The number of hydrogen-bond acceptors (Lipinski definition) is 3. The van der Waals surface area contributed by atoms with Crippen LogP contribution in [0.25, 0.3) is 0 Å². The lowest BCUT2D eigenvalue weighted by molar-refractivity contribution is -0.145. The van der Waals surface area contributed by atoms with Crippen LogP contribution in [0.3, 0.4) is 0 Å². The number of methoxy groups -OCH3 is 1. The van der Waals surface area contributed by atoms with E-state index in [9.17, 15) is 4.79 Å². The van der Waals surface area contributed by atoms with Crippen LogP contribution in [0.2, 0.25) is 0 Å². The minimum Gasteiger partial charge on any atom is -0.372 e. The average molecular weight is 228 g/mol. The standard InChI is InChI=1S/C12H24N2O2/c1-10(16-4)12(15)14-8-6-5-7-11(14)9-13(2)3/h10-11H,5-9H2,1-4H3. The largest absolute Gasteiger partial charge is 0.372 e. The van der Waals surface area contributed by atoms with Crippen LogP contribution >= 0.6 is 0 Å². The van der Waals surface area contributed by atoms with Crippen LogP contribution in [-0.2, 0) is 9.53 Å². The lowest BCUT2D eigenvalue weighted by Crippen LogP contribution is -2.51. The van der Waals surface area contributed by atoms with E-state index < -0.39 is 0 Å². The minimum absolute atomic E-state index is 0.133. The molecule has 0 aliphatic carbocycles. The summed E-state index contributed by atoms with van der Waals surface area (Å²) < 4.78 is 5.11. The summed E-state index contributed by atoms with van der Waals surface area (Å²) in [5.41, 5.74) is 0. The average Bonchev–Trinajstić information content (AvgIpc) is 2.27. The summed E-state index contributed by atoms with van der Waals surface area (Å²) >= 11 is 0. The van der Waals surface area contributed by atoms with Crippen molar-refractivity contribution in [1.82, 2.24) is 9.80 Å². The lowest BCUT2D eigenvalue weighted by Gasteiger charge is -2.38. The third-order valence-corrected chi connectivity index (χ3v) is 3.19. The van der Waals surface area contributed by atoms with Crippen LogP contribution in [0.1, 0.15) is 26.2 Å². The quantitative estimate of drug-likeness (QED) is 0.718. The van der Waals surface area contributed by atoms with Crippen LogP contribution in [-0.4, -0.2) is 62.1 Å². The van der Waals surface area contributed by atoms with Crippen molar-refractivity contribution in [2.45, 2.75) is 38.3 Å². The van der Waals surface area contributed by atoms with Gasteiger partial charge in [0.25, 0.3) is 5.91 Å². The summed E-state index contributed by atoms with van der Waals surface area (Å²) in [5, 5.41) is 0. The molecule has 94 valence electrons. The number of carbonyl (C=O) groups excluding carboxylic acids is 1. The van der Waals surface area contributed by atoms with Crippen molar-refractivity contribution in [3.63, 3.8) is 0 Å². The Hall–Kier alpha value is -0.610. The summed E-state index contributed by atoms with van der Waals surface area (Å²) in [5.74, 6) is 0.133. The number of ether oxygens (including phenoxy) is 1. The highest BCUT2D eigenvalue weighted by molar-refractivity contribution is 5.81. The van der Waals surface area contributed by atoms with Crippen molar-refractivity contribution in [3.05, 3.63) is 0 Å². The molecular formula is C12H24N2O2. The van der Waals surface area contributed by atoms with E-state index in [1.165, 1.54) is 6.42 Å². The smallest absolute Gasteiger partial charge is 0.251 e. The molecule has 4 heteroatoms. The van der Waals surface area contributed by atoms with Gasteiger partial charge < -0.3 is 14.5 Å². The monoisotopic (exact) mass is 228 g/mol. The SMILES string of the molecule is COC(C)C(=O)N1CCCCC1CN(C)C. The van der Waals surface area contributed by atoms with Crippen molar-refractivity contribution in [3.8, 4) is 0 Å². The highest BCUT2D eigenvalue weighted by atomic mass is 16.5. The van der Waals surface area contributed by atoms with Gasteiger partial charge in [0.05, 0.1) is 0 Å². The Labute approximate surface area is 98.5 Å². The summed E-state index contributed by atoms with van der Waals surface area (Å²) in [6.45, 7) is 3.65. The molecule has 16 heavy (non-hydrogen) atoms. The van der Waals surface area contributed by atoms with Crippen LogP contribution in [0.4, 0.5) is 0 Å². The normalized spacial score (nSPS) is 23.6. The number of likely N-dealkylation sites (tertiary alicyclic amines) is 1. The predicted octanol–water partition coefficient (Wildman–Crippen LogP) is 0.964. The molecule has 0 aromatic heterocycles. The van der Waals surface area contributed by atoms with Gasteiger partial charge in [0, 0.05) is 26.2 Å². The fourth-order valence-electron chi connectivity index (χ4n) is 2.24. The topological polar surface area (TPSA) is 32.8 Å². The zero-order valence-corrected chi connectivity index (χ0v) is 10.9. The van der Waals surface area contributed by atoms with E-state index in [1.54, 1.807) is 7.11 Å². The van der Waals surface area contributed by atoms with Crippen LogP contribution in [0.15, 0.2) is 0 Å². The minimum atomic E-state index is -0.317. The molecule has 1 saturated heterocycles. The molecule has 0 bridgehead atoms. The summed E-state index contributed by atoms with van der Waals surface area (Å²) in [6, 6.07) is 0.355. The first-order valence-electron chi connectivity index (χ1n) is 6.04. The molecule has 1 rings (SSSR count). The number of likely N-dealkylation sites (N-methyl/N-ethyl adjacent to an activating group) is 1. The first-order valence-corrected chi connectivity index (χ1v) is 6.04. The second-order valence-corrected chi connectivity index (χ2v) is 4.82. The highest BCUT2D eigenvalue weighted by Crippen LogP contribution is 2.18. The Morgan fingerprint density at radius 3 is 2.75 bits per heavy atom. The number of nitrogens with zero attached hydrogens (tertiary/aromatic N) is 2. The van der Waals surface area contributed by atoms with Gasteiger partial charge in [-0.25, -0.2) is 0 Å². The maximum Gasteiger partial charge on any atom is 0.251 e. The number of amides is 1. The zero-order chi connectivity index (χ0) is 12.1. The molecule has 0 N–H and O–H groups in total. The van der Waals surface area contributed by atoms with Crippen molar-refractivity contribution in [2.75, 3.05) is 34.3 Å². The second kappa shape index (κ2) is 6.21. The van der Waals surface area contributed by atoms with Gasteiger partial charge in [-0.1, -0.05) is 0 Å². The first kappa shape index (κ1) is 13.5. The molecule has 2 unspecified atom stereocenters. The number of hydrogen-bond donors (Lipinski definition) is 0. The Kier molecular flexibility index (Phi) is 5.22. The Bertz CT molecular complexity index is 231.